The van der Waals surface area contributed by atoms with Gasteiger partial charge >= 0.3 is 24.3 Å². The Morgan fingerprint density at radius 2 is 1.19 bits per heavy atom. The van der Waals surface area contributed by atoms with Crippen LogP contribution in [0.1, 0.15) is 44.1 Å². The topological polar surface area (TPSA) is 167 Å². The monoisotopic (exact) mass is 534 g/mol. The standard InChI is InChI=1S/C18H30N2O2.2C2HF3O2/c19-15(11-13-7-3-1-4-8-13)17(21)18(22)16(20)12-14-9-5-2-6-10-14;2*3-2(4,5)1(6)7/h1,3-4,7-8,14-18,21-22H,2,5-6,9-12,19-20H2;2*(H,6,7)/t15-,16-,17-,18-;;/m0../s1. The molecule has 1 aliphatic rings. The quantitative estimate of drug-likeness (QED) is 0.291. The summed E-state index contributed by atoms with van der Waals surface area (Å²) in [5.74, 6) is -4.93. The predicted octanol–water partition coefficient (Wildman–Crippen LogP) is 2.84. The summed E-state index contributed by atoms with van der Waals surface area (Å²) >= 11 is 0. The smallest absolute Gasteiger partial charge is 0.475 e. The first-order valence-corrected chi connectivity index (χ1v) is 11.0. The Hall–Kier alpha value is -2.42. The molecule has 0 unspecified atom stereocenters. The fourth-order valence-electron chi connectivity index (χ4n) is 3.46. The van der Waals surface area contributed by atoms with Crippen LogP contribution in [-0.2, 0) is 16.0 Å². The van der Waals surface area contributed by atoms with E-state index < -0.39 is 48.6 Å². The first-order valence-electron chi connectivity index (χ1n) is 11.0. The number of nitrogens with two attached hydrogens (primary N) is 2. The number of halogens is 6. The first kappa shape index (κ1) is 33.6. The van der Waals surface area contributed by atoms with Gasteiger partial charge in [-0.25, -0.2) is 9.59 Å². The molecule has 0 radical (unpaired) electrons. The Labute approximate surface area is 203 Å². The Kier molecular flexibility index (Phi) is 14.6. The summed E-state index contributed by atoms with van der Waals surface area (Å²) in [5, 5.41) is 34.9. The maximum absolute atomic E-state index is 10.6. The minimum absolute atomic E-state index is 0.403. The van der Waals surface area contributed by atoms with Crippen molar-refractivity contribution in [3.8, 4) is 0 Å². The van der Waals surface area contributed by atoms with Crippen LogP contribution in [-0.4, -0.2) is 69.0 Å². The lowest BCUT2D eigenvalue weighted by Crippen LogP contribution is -2.52. The number of alkyl halides is 6. The van der Waals surface area contributed by atoms with Gasteiger partial charge in [-0.15, -0.1) is 0 Å². The van der Waals surface area contributed by atoms with Gasteiger partial charge in [0.25, 0.3) is 0 Å². The molecule has 4 atom stereocenters. The number of carbonyl (C=O) groups is 2. The summed E-state index contributed by atoms with van der Waals surface area (Å²) in [4.78, 5) is 17.8. The number of carboxylic acid groups (broad SMARTS) is 2. The molecule has 0 spiro atoms. The molecule has 0 aliphatic heterocycles. The normalized spacial score (nSPS) is 17.8. The van der Waals surface area contributed by atoms with E-state index >= 15 is 0 Å². The number of benzene rings is 1. The van der Waals surface area contributed by atoms with Crippen molar-refractivity contribution in [2.75, 3.05) is 0 Å². The highest BCUT2D eigenvalue weighted by Gasteiger charge is 2.39. The minimum atomic E-state index is -5.08. The molecule has 0 heterocycles. The predicted molar refractivity (Wildman–Crippen MR) is 117 cm³/mol. The van der Waals surface area contributed by atoms with Crippen molar-refractivity contribution in [1.29, 1.82) is 0 Å². The zero-order chi connectivity index (χ0) is 28.1. The largest absolute Gasteiger partial charge is 0.490 e. The van der Waals surface area contributed by atoms with Gasteiger partial charge in [0.1, 0.15) is 0 Å². The van der Waals surface area contributed by atoms with Crippen molar-refractivity contribution in [2.24, 2.45) is 17.4 Å². The molecular formula is C22H32F6N2O6. The molecule has 208 valence electrons. The number of rotatable bonds is 7. The van der Waals surface area contributed by atoms with E-state index in [1.165, 1.54) is 32.1 Å². The number of hydrogen-bond acceptors (Lipinski definition) is 6. The van der Waals surface area contributed by atoms with Gasteiger partial charge in [-0.05, 0) is 24.3 Å². The molecule has 1 aliphatic carbocycles. The zero-order valence-corrected chi connectivity index (χ0v) is 19.3. The molecule has 8 nitrogen and oxygen atoms in total. The van der Waals surface area contributed by atoms with Crippen LogP contribution in [0.15, 0.2) is 30.3 Å². The number of aliphatic carboxylic acids is 2. The van der Waals surface area contributed by atoms with E-state index in [1.807, 2.05) is 30.3 Å². The van der Waals surface area contributed by atoms with E-state index in [2.05, 4.69) is 0 Å². The van der Waals surface area contributed by atoms with E-state index in [1.54, 1.807) is 0 Å². The second-order valence-corrected chi connectivity index (χ2v) is 8.34. The molecule has 2 rings (SSSR count). The van der Waals surface area contributed by atoms with Gasteiger partial charge in [0.05, 0.1) is 12.2 Å². The van der Waals surface area contributed by atoms with E-state index in [9.17, 15) is 36.6 Å². The Morgan fingerprint density at radius 1 is 0.806 bits per heavy atom. The highest BCUT2D eigenvalue weighted by molar-refractivity contribution is 5.73. The van der Waals surface area contributed by atoms with Crippen LogP contribution in [0.2, 0.25) is 0 Å². The summed E-state index contributed by atoms with van der Waals surface area (Å²) in [6.45, 7) is 0. The number of carboxylic acids is 2. The molecule has 8 N–H and O–H groups in total. The van der Waals surface area contributed by atoms with E-state index in [0.717, 1.165) is 12.0 Å². The highest BCUT2D eigenvalue weighted by Crippen LogP contribution is 2.28. The summed E-state index contributed by atoms with van der Waals surface area (Å²) < 4.78 is 63.5. The lowest BCUT2D eigenvalue weighted by Gasteiger charge is -2.31. The summed E-state index contributed by atoms with van der Waals surface area (Å²) in [7, 11) is 0. The third-order valence-corrected chi connectivity index (χ3v) is 5.36. The number of aliphatic hydroxyl groups excluding tert-OH is 2. The van der Waals surface area contributed by atoms with Crippen molar-refractivity contribution >= 4 is 11.9 Å². The zero-order valence-electron chi connectivity index (χ0n) is 19.3. The van der Waals surface area contributed by atoms with Gasteiger partial charge in [0.15, 0.2) is 0 Å². The summed E-state index contributed by atoms with van der Waals surface area (Å²) in [6, 6.07) is 8.87. The van der Waals surface area contributed by atoms with Crippen molar-refractivity contribution in [2.45, 2.75) is 81.6 Å². The Bertz CT molecular complexity index is 749. The summed E-state index contributed by atoms with van der Waals surface area (Å²) in [5.41, 5.74) is 13.2. The molecular weight excluding hydrogens is 502 g/mol. The fourth-order valence-corrected chi connectivity index (χ4v) is 3.46. The lowest BCUT2D eigenvalue weighted by atomic mass is 9.82. The van der Waals surface area contributed by atoms with E-state index in [-0.39, 0.29) is 0 Å². The van der Waals surface area contributed by atoms with E-state index in [4.69, 9.17) is 31.3 Å². The van der Waals surface area contributed by atoms with Crippen LogP contribution in [0.3, 0.4) is 0 Å². The minimum Gasteiger partial charge on any atom is -0.475 e. The van der Waals surface area contributed by atoms with Crippen LogP contribution in [0, 0.1) is 5.92 Å². The van der Waals surface area contributed by atoms with Crippen molar-refractivity contribution in [3.63, 3.8) is 0 Å². The van der Waals surface area contributed by atoms with Crippen LogP contribution in [0.25, 0.3) is 0 Å². The molecule has 0 bridgehead atoms. The highest BCUT2D eigenvalue weighted by atomic mass is 19.4. The molecule has 1 fully saturated rings. The van der Waals surface area contributed by atoms with Crippen LogP contribution in [0.5, 0.6) is 0 Å². The molecule has 0 amide bonds. The Morgan fingerprint density at radius 3 is 1.58 bits per heavy atom. The van der Waals surface area contributed by atoms with E-state index in [0.29, 0.717) is 12.3 Å². The first-order chi connectivity index (χ1) is 16.5. The van der Waals surface area contributed by atoms with Crippen LogP contribution in [0.4, 0.5) is 26.3 Å². The van der Waals surface area contributed by atoms with Crippen LogP contribution < -0.4 is 11.5 Å². The molecule has 0 saturated heterocycles. The average Bonchev–Trinajstić information content (AvgIpc) is 2.79. The Balaban J connectivity index is 0.000000720. The maximum atomic E-state index is 10.6. The lowest BCUT2D eigenvalue weighted by molar-refractivity contribution is -0.193. The molecule has 1 aromatic rings. The molecule has 0 aromatic heterocycles. The van der Waals surface area contributed by atoms with Gasteiger partial charge in [-0.1, -0.05) is 62.4 Å². The molecule has 14 heteroatoms. The van der Waals surface area contributed by atoms with Crippen molar-refractivity contribution in [3.05, 3.63) is 35.9 Å². The maximum Gasteiger partial charge on any atom is 0.490 e. The molecule has 1 aromatic carbocycles. The van der Waals surface area contributed by atoms with Gasteiger partial charge in [0.2, 0.25) is 0 Å². The average molecular weight is 534 g/mol. The molecule has 36 heavy (non-hydrogen) atoms. The van der Waals surface area contributed by atoms with Gasteiger partial charge < -0.3 is 31.9 Å². The second kappa shape index (κ2) is 15.6. The SMILES string of the molecule is N[C@@H](Cc1ccccc1)[C@H](O)[C@@H](O)[C@@H](N)CC1CCCCC1.O=C(O)C(F)(F)F.O=C(O)C(F)(F)F. The van der Waals surface area contributed by atoms with Gasteiger partial charge in [-0.2, -0.15) is 26.3 Å². The molecule has 1 saturated carbocycles. The van der Waals surface area contributed by atoms with Crippen molar-refractivity contribution in [1.82, 2.24) is 0 Å². The third kappa shape index (κ3) is 14.2. The number of hydrogen-bond donors (Lipinski definition) is 6. The number of aliphatic hydroxyl groups is 2. The third-order valence-electron chi connectivity index (χ3n) is 5.36. The van der Waals surface area contributed by atoms with Crippen molar-refractivity contribution < 1.29 is 56.4 Å². The van der Waals surface area contributed by atoms with Gasteiger partial charge in [-0.3, -0.25) is 0 Å². The summed E-state index contributed by atoms with van der Waals surface area (Å²) in [6.07, 6.45) is -4.61. The second-order valence-electron chi connectivity index (χ2n) is 8.34. The fraction of sp³-hybridized carbons (Fsp3) is 0.636. The van der Waals surface area contributed by atoms with Crippen LogP contribution >= 0.6 is 0 Å². The van der Waals surface area contributed by atoms with Gasteiger partial charge in [0, 0.05) is 12.1 Å².